The fourth-order valence-corrected chi connectivity index (χ4v) is 3.40. The summed E-state index contributed by atoms with van der Waals surface area (Å²) in [6.45, 7) is 6.16. The number of nitrogens with zero attached hydrogens (tertiary/aromatic N) is 2. The molecule has 2 heterocycles. The summed E-state index contributed by atoms with van der Waals surface area (Å²) in [6.07, 6.45) is 0. The predicted octanol–water partition coefficient (Wildman–Crippen LogP) is 2.86. The smallest absolute Gasteiger partial charge is 0.261 e. The standard InChI is InChI=1S/C17H20N4OS/c1-11-13-9-14(15(22)19-10-17(2,3)18)23-16(13)21(20-11)12-7-5-4-6-8-12/h4-9H,10,18H2,1-3H3,(H,19,22). The summed E-state index contributed by atoms with van der Waals surface area (Å²) in [5.74, 6) is -0.0938. The number of para-hydroxylation sites is 1. The maximum absolute atomic E-state index is 12.3. The minimum absolute atomic E-state index is 0.0938. The van der Waals surface area contributed by atoms with Crippen LogP contribution >= 0.6 is 11.3 Å². The fraction of sp³-hybridized carbons (Fsp3) is 0.294. The third-order valence-corrected chi connectivity index (χ3v) is 4.58. The Morgan fingerprint density at radius 2 is 2.04 bits per heavy atom. The second kappa shape index (κ2) is 5.79. The summed E-state index contributed by atoms with van der Waals surface area (Å²) >= 11 is 1.45. The third kappa shape index (κ3) is 3.28. The van der Waals surface area contributed by atoms with Crippen molar-refractivity contribution < 1.29 is 4.79 Å². The zero-order valence-corrected chi connectivity index (χ0v) is 14.3. The van der Waals surface area contributed by atoms with Crippen molar-refractivity contribution in [2.45, 2.75) is 26.3 Å². The van der Waals surface area contributed by atoms with Gasteiger partial charge < -0.3 is 11.1 Å². The Hall–Kier alpha value is -2.18. The van der Waals surface area contributed by atoms with Crippen LogP contribution in [0.4, 0.5) is 0 Å². The maximum atomic E-state index is 12.3. The van der Waals surface area contributed by atoms with Crippen LogP contribution in [0.1, 0.15) is 29.2 Å². The molecule has 0 saturated carbocycles. The molecule has 23 heavy (non-hydrogen) atoms. The van der Waals surface area contributed by atoms with Gasteiger partial charge in [0.15, 0.2) is 0 Å². The molecule has 0 saturated heterocycles. The van der Waals surface area contributed by atoms with Gasteiger partial charge in [-0.25, -0.2) is 4.68 Å². The van der Waals surface area contributed by atoms with E-state index in [1.807, 2.05) is 61.9 Å². The maximum Gasteiger partial charge on any atom is 0.261 e. The Labute approximate surface area is 139 Å². The number of thiophene rings is 1. The molecule has 120 valence electrons. The second-order valence-corrected chi connectivity index (χ2v) is 7.36. The average molecular weight is 328 g/mol. The lowest BCUT2D eigenvalue weighted by Crippen LogP contribution is -2.44. The zero-order chi connectivity index (χ0) is 16.6. The number of rotatable bonds is 4. The van der Waals surface area contributed by atoms with E-state index in [4.69, 9.17) is 5.73 Å². The first-order chi connectivity index (χ1) is 10.8. The van der Waals surface area contributed by atoms with Gasteiger partial charge in [-0.3, -0.25) is 4.79 Å². The Balaban J connectivity index is 1.95. The highest BCUT2D eigenvalue weighted by Crippen LogP contribution is 2.30. The molecule has 1 amide bonds. The monoisotopic (exact) mass is 328 g/mol. The van der Waals surface area contributed by atoms with E-state index in [0.717, 1.165) is 21.6 Å². The van der Waals surface area contributed by atoms with E-state index in [9.17, 15) is 4.79 Å². The van der Waals surface area contributed by atoms with Crippen molar-refractivity contribution in [1.29, 1.82) is 0 Å². The van der Waals surface area contributed by atoms with Crippen molar-refractivity contribution in [2.75, 3.05) is 6.54 Å². The number of nitrogens with two attached hydrogens (primary N) is 1. The molecule has 1 aromatic carbocycles. The lowest BCUT2D eigenvalue weighted by Gasteiger charge is -2.18. The van der Waals surface area contributed by atoms with Crippen LogP contribution in [0.2, 0.25) is 0 Å². The van der Waals surface area contributed by atoms with Crippen LogP contribution in [-0.4, -0.2) is 27.8 Å². The molecule has 3 N–H and O–H groups in total. The molecule has 0 bridgehead atoms. The number of fused-ring (bicyclic) bond motifs is 1. The van der Waals surface area contributed by atoms with E-state index in [2.05, 4.69) is 10.4 Å². The molecular formula is C17H20N4OS. The Kier molecular flexibility index (Phi) is 3.95. The molecule has 0 spiro atoms. The summed E-state index contributed by atoms with van der Waals surface area (Å²) in [5.41, 5.74) is 7.39. The van der Waals surface area contributed by atoms with Gasteiger partial charge in [0.05, 0.1) is 16.3 Å². The topological polar surface area (TPSA) is 72.9 Å². The second-order valence-electron chi connectivity index (χ2n) is 6.33. The largest absolute Gasteiger partial charge is 0.350 e. The Morgan fingerprint density at radius 1 is 1.35 bits per heavy atom. The summed E-state index contributed by atoms with van der Waals surface area (Å²) in [7, 11) is 0. The number of nitrogens with one attached hydrogen (secondary N) is 1. The van der Waals surface area contributed by atoms with E-state index < -0.39 is 5.54 Å². The van der Waals surface area contributed by atoms with Crippen molar-refractivity contribution in [3.63, 3.8) is 0 Å². The van der Waals surface area contributed by atoms with Crippen LogP contribution < -0.4 is 11.1 Å². The number of carbonyl (C=O) groups is 1. The van der Waals surface area contributed by atoms with Gasteiger partial charge in [-0.05, 0) is 39.0 Å². The van der Waals surface area contributed by atoms with Gasteiger partial charge in [0, 0.05) is 17.5 Å². The highest BCUT2D eigenvalue weighted by Gasteiger charge is 2.18. The van der Waals surface area contributed by atoms with E-state index in [1.165, 1.54) is 11.3 Å². The molecule has 3 rings (SSSR count). The van der Waals surface area contributed by atoms with Crippen LogP contribution in [0.25, 0.3) is 15.9 Å². The first-order valence-electron chi connectivity index (χ1n) is 7.47. The SMILES string of the molecule is Cc1nn(-c2ccccc2)c2sc(C(=O)NCC(C)(C)N)cc12. The highest BCUT2D eigenvalue weighted by atomic mass is 32.1. The summed E-state index contributed by atoms with van der Waals surface area (Å²) in [5, 5.41) is 8.48. The molecule has 0 atom stereocenters. The van der Waals surface area contributed by atoms with Gasteiger partial charge in [0.1, 0.15) is 4.83 Å². The van der Waals surface area contributed by atoms with E-state index in [-0.39, 0.29) is 5.91 Å². The van der Waals surface area contributed by atoms with Crippen molar-refractivity contribution in [3.05, 3.63) is 47.0 Å². The summed E-state index contributed by atoms with van der Waals surface area (Å²) in [4.78, 5) is 14.0. The zero-order valence-electron chi connectivity index (χ0n) is 13.5. The summed E-state index contributed by atoms with van der Waals surface area (Å²) < 4.78 is 1.89. The van der Waals surface area contributed by atoms with Gasteiger partial charge >= 0.3 is 0 Å². The van der Waals surface area contributed by atoms with Crippen molar-refractivity contribution in [1.82, 2.24) is 15.1 Å². The minimum atomic E-state index is -0.427. The van der Waals surface area contributed by atoms with Crippen LogP contribution in [0.3, 0.4) is 0 Å². The molecule has 0 aliphatic heterocycles. The third-order valence-electron chi connectivity index (χ3n) is 3.47. The molecule has 0 fully saturated rings. The van der Waals surface area contributed by atoms with E-state index >= 15 is 0 Å². The number of aromatic nitrogens is 2. The Bertz CT molecular complexity index is 843. The first-order valence-corrected chi connectivity index (χ1v) is 8.28. The van der Waals surface area contributed by atoms with Gasteiger partial charge in [-0.1, -0.05) is 18.2 Å². The molecule has 5 nitrogen and oxygen atoms in total. The lowest BCUT2D eigenvalue weighted by molar-refractivity contribution is 0.0950. The van der Waals surface area contributed by atoms with E-state index in [1.54, 1.807) is 0 Å². The first kappa shape index (κ1) is 15.7. The Morgan fingerprint density at radius 3 is 2.70 bits per heavy atom. The van der Waals surface area contributed by atoms with Crippen molar-refractivity contribution >= 4 is 27.5 Å². The molecule has 0 aliphatic carbocycles. The normalized spacial score (nSPS) is 11.8. The van der Waals surface area contributed by atoms with Crippen molar-refractivity contribution in [2.24, 2.45) is 5.73 Å². The summed E-state index contributed by atoms with van der Waals surface area (Å²) in [6, 6.07) is 11.8. The number of benzene rings is 1. The average Bonchev–Trinajstić information content (AvgIpc) is 3.06. The quantitative estimate of drug-likeness (QED) is 0.773. The molecule has 6 heteroatoms. The lowest BCUT2D eigenvalue weighted by atomic mass is 10.1. The van der Waals surface area contributed by atoms with Gasteiger partial charge in [-0.15, -0.1) is 11.3 Å². The van der Waals surface area contributed by atoms with Gasteiger partial charge in [-0.2, -0.15) is 5.10 Å². The highest BCUT2D eigenvalue weighted by molar-refractivity contribution is 7.20. The number of amides is 1. The van der Waals surface area contributed by atoms with Crippen molar-refractivity contribution in [3.8, 4) is 5.69 Å². The molecule has 0 unspecified atom stereocenters. The predicted molar refractivity (Wildman–Crippen MR) is 94.3 cm³/mol. The number of hydrogen-bond donors (Lipinski definition) is 2. The van der Waals surface area contributed by atoms with Gasteiger partial charge in [0.2, 0.25) is 0 Å². The number of aryl methyl sites for hydroxylation is 1. The van der Waals surface area contributed by atoms with Crippen LogP contribution in [0, 0.1) is 6.92 Å². The van der Waals surface area contributed by atoms with Crippen LogP contribution in [-0.2, 0) is 0 Å². The number of carbonyl (C=O) groups excluding carboxylic acids is 1. The molecule has 2 aromatic heterocycles. The van der Waals surface area contributed by atoms with Crippen LogP contribution in [0.5, 0.6) is 0 Å². The minimum Gasteiger partial charge on any atom is -0.350 e. The number of hydrogen-bond acceptors (Lipinski definition) is 4. The molecule has 0 radical (unpaired) electrons. The van der Waals surface area contributed by atoms with E-state index in [0.29, 0.717) is 11.4 Å². The van der Waals surface area contributed by atoms with Crippen LogP contribution in [0.15, 0.2) is 36.4 Å². The molecular weight excluding hydrogens is 308 g/mol. The molecule has 0 aliphatic rings. The van der Waals surface area contributed by atoms with Gasteiger partial charge in [0.25, 0.3) is 5.91 Å². The fourth-order valence-electron chi connectivity index (χ4n) is 2.30. The molecule has 3 aromatic rings.